The third-order valence-corrected chi connectivity index (χ3v) is 7.10. The van der Waals surface area contributed by atoms with Gasteiger partial charge in [-0.1, -0.05) is 94.4 Å². The Balaban J connectivity index is 1.88. The third kappa shape index (κ3) is 6.30. The van der Waals surface area contributed by atoms with Crippen LogP contribution >= 0.6 is 0 Å². The summed E-state index contributed by atoms with van der Waals surface area (Å²) in [5.41, 5.74) is 9.52. The second-order valence-electron chi connectivity index (χ2n) is 9.90. The maximum Gasteiger partial charge on any atom is 0.339 e. The minimum Gasteiger partial charge on any atom is -0.508 e. The lowest BCUT2D eigenvalue weighted by Crippen LogP contribution is -2.51. The summed E-state index contributed by atoms with van der Waals surface area (Å²) in [5.74, 6) is -0.213. The number of hydrogen-bond acceptors (Lipinski definition) is 5. The zero-order chi connectivity index (χ0) is 25.6. The van der Waals surface area contributed by atoms with Crippen molar-refractivity contribution in [2.75, 3.05) is 0 Å². The van der Waals surface area contributed by atoms with E-state index in [1.54, 1.807) is 36.4 Å². The van der Waals surface area contributed by atoms with Crippen LogP contribution in [0.5, 0.6) is 5.75 Å². The van der Waals surface area contributed by atoms with Gasteiger partial charge in [-0.3, -0.25) is 0 Å². The van der Waals surface area contributed by atoms with Gasteiger partial charge in [0.05, 0.1) is 0 Å². The van der Waals surface area contributed by atoms with Crippen molar-refractivity contribution >= 4 is 5.97 Å². The maximum atomic E-state index is 12.4. The Morgan fingerprint density at radius 2 is 1.43 bits per heavy atom. The monoisotopic (exact) mass is 475 g/mol. The topological polar surface area (TPSA) is 92.8 Å². The maximum absolute atomic E-state index is 12.4. The number of hydrogen-bond donors (Lipinski definition) is 3. The summed E-state index contributed by atoms with van der Waals surface area (Å²) < 4.78 is 5.41. The van der Waals surface area contributed by atoms with E-state index in [0.29, 0.717) is 12.0 Å². The molecule has 0 fully saturated rings. The lowest BCUT2D eigenvalue weighted by Gasteiger charge is -2.41. The van der Waals surface area contributed by atoms with Gasteiger partial charge in [0.1, 0.15) is 12.4 Å². The average Bonchev–Trinajstić information content (AvgIpc) is 2.87. The number of carbonyl (C=O) groups is 1. The van der Waals surface area contributed by atoms with Crippen LogP contribution in [0, 0.1) is 11.8 Å². The molecule has 3 aromatic carbocycles. The molecule has 2 unspecified atom stereocenters. The Labute approximate surface area is 208 Å². The predicted molar refractivity (Wildman–Crippen MR) is 139 cm³/mol. The lowest BCUT2D eigenvalue weighted by atomic mass is 9.69. The minimum absolute atomic E-state index is 0.0142. The number of phenols is 1. The van der Waals surface area contributed by atoms with Crippen LogP contribution in [0.15, 0.2) is 78.9 Å². The van der Waals surface area contributed by atoms with E-state index >= 15 is 0 Å². The Kier molecular flexibility index (Phi) is 8.71. The molecule has 5 nitrogen and oxygen atoms in total. The molecule has 0 saturated carbocycles. The Hall–Kier alpha value is -3.15. The molecule has 3 aromatic rings. The minimum atomic E-state index is -1.35. The first-order valence-electron chi connectivity index (χ1n) is 12.2. The van der Waals surface area contributed by atoms with Crippen LogP contribution in [0.3, 0.4) is 0 Å². The van der Waals surface area contributed by atoms with E-state index in [0.717, 1.165) is 16.7 Å². The number of aromatic hydroxyl groups is 1. The van der Waals surface area contributed by atoms with Crippen LogP contribution in [0.25, 0.3) is 0 Å². The Morgan fingerprint density at radius 3 is 1.97 bits per heavy atom. The quantitative estimate of drug-likeness (QED) is 0.327. The van der Waals surface area contributed by atoms with E-state index in [2.05, 4.69) is 27.7 Å². The smallest absolute Gasteiger partial charge is 0.339 e. The summed E-state index contributed by atoms with van der Waals surface area (Å²) in [5, 5.41) is 21.2. The van der Waals surface area contributed by atoms with Crippen LogP contribution in [-0.2, 0) is 16.1 Å². The van der Waals surface area contributed by atoms with Crippen molar-refractivity contribution in [1.29, 1.82) is 0 Å². The number of esters is 1. The van der Waals surface area contributed by atoms with Crippen molar-refractivity contribution in [2.24, 2.45) is 17.6 Å². The molecule has 186 valence electrons. The van der Waals surface area contributed by atoms with Crippen LogP contribution in [0.4, 0.5) is 0 Å². The van der Waals surface area contributed by atoms with E-state index in [1.807, 2.05) is 42.5 Å². The summed E-state index contributed by atoms with van der Waals surface area (Å²) >= 11 is 0. The van der Waals surface area contributed by atoms with Gasteiger partial charge in [0.15, 0.2) is 6.10 Å². The number of rotatable bonds is 10. The van der Waals surface area contributed by atoms with E-state index in [9.17, 15) is 15.0 Å². The fourth-order valence-electron chi connectivity index (χ4n) is 4.56. The summed E-state index contributed by atoms with van der Waals surface area (Å²) in [6, 6.07) is 24.0. The lowest BCUT2D eigenvalue weighted by molar-refractivity contribution is -0.155. The molecule has 0 aromatic heterocycles. The van der Waals surface area contributed by atoms with Gasteiger partial charge in [-0.2, -0.15) is 0 Å². The Morgan fingerprint density at radius 1 is 0.886 bits per heavy atom. The summed E-state index contributed by atoms with van der Waals surface area (Å²) in [6.45, 7) is 8.52. The highest BCUT2D eigenvalue weighted by Gasteiger charge is 2.37. The number of nitrogens with two attached hydrogens (primary N) is 1. The number of carbonyl (C=O) groups excluding carboxylic acids is 1. The van der Waals surface area contributed by atoms with Gasteiger partial charge in [0.25, 0.3) is 0 Å². The van der Waals surface area contributed by atoms with Crippen molar-refractivity contribution in [3.63, 3.8) is 0 Å². The van der Waals surface area contributed by atoms with Gasteiger partial charge in [0.2, 0.25) is 0 Å². The highest BCUT2D eigenvalue weighted by atomic mass is 16.5. The standard InChI is InChI=1S/C30H37NO4/c1-20(2)30(31,21(3)4)18-26(23-11-7-5-8-12-23)25-17-22(15-16-27(25)32)19-35-29(34)28(33)24-13-9-6-10-14-24/h5-17,20-21,26,28,32-33H,18-19,31H2,1-4H3. The van der Waals surface area contributed by atoms with E-state index in [1.165, 1.54) is 0 Å². The summed E-state index contributed by atoms with van der Waals surface area (Å²) in [4.78, 5) is 12.4. The first-order chi connectivity index (χ1) is 16.6. The molecule has 0 spiro atoms. The van der Waals surface area contributed by atoms with E-state index in [4.69, 9.17) is 10.5 Å². The normalized spacial score (nSPS) is 13.6. The molecule has 3 rings (SSSR count). The molecule has 0 bridgehead atoms. The van der Waals surface area contributed by atoms with Gasteiger partial charge in [0, 0.05) is 17.0 Å². The van der Waals surface area contributed by atoms with Gasteiger partial charge < -0.3 is 20.7 Å². The zero-order valence-electron chi connectivity index (χ0n) is 21.0. The molecule has 2 atom stereocenters. The van der Waals surface area contributed by atoms with Gasteiger partial charge in [-0.15, -0.1) is 0 Å². The second-order valence-corrected chi connectivity index (χ2v) is 9.90. The van der Waals surface area contributed by atoms with Gasteiger partial charge in [-0.05, 0) is 47.1 Å². The van der Waals surface area contributed by atoms with E-state index < -0.39 is 17.6 Å². The molecular weight excluding hydrogens is 438 g/mol. The predicted octanol–water partition coefficient (Wildman–Crippen LogP) is 5.70. The van der Waals surface area contributed by atoms with Crippen molar-refractivity contribution in [3.8, 4) is 5.75 Å². The molecular formula is C30H37NO4. The number of benzene rings is 3. The molecule has 0 aliphatic heterocycles. The first-order valence-corrected chi connectivity index (χ1v) is 12.2. The summed E-state index contributed by atoms with van der Waals surface area (Å²) in [6.07, 6.45) is -0.699. The van der Waals surface area contributed by atoms with Gasteiger partial charge >= 0.3 is 5.97 Å². The average molecular weight is 476 g/mol. The molecule has 0 heterocycles. The first kappa shape index (κ1) is 26.5. The molecule has 4 N–H and O–H groups in total. The van der Waals surface area contributed by atoms with Crippen molar-refractivity contribution in [3.05, 3.63) is 101 Å². The molecule has 35 heavy (non-hydrogen) atoms. The number of aliphatic hydroxyl groups is 1. The third-order valence-electron chi connectivity index (χ3n) is 7.10. The molecule has 0 aliphatic rings. The molecule has 0 saturated heterocycles. The number of ether oxygens (including phenoxy) is 1. The highest BCUT2D eigenvalue weighted by Crippen LogP contribution is 2.41. The zero-order valence-corrected chi connectivity index (χ0v) is 21.0. The molecule has 5 heteroatoms. The van der Waals surface area contributed by atoms with Crippen LogP contribution in [-0.4, -0.2) is 21.7 Å². The van der Waals surface area contributed by atoms with Crippen molar-refractivity contribution < 1.29 is 19.7 Å². The van der Waals surface area contributed by atoms with Crippen LogP contribution in [0.1, 0.15) is 68.4 Å². The van der Waals surface area contributed by atoms with Crippen LogP contribution < -0.4 is 5.73 Å². The number of phenolic OH excluding ortho intramolecular Hbond substituents is 1. The fourth-order valence-corrected chi connectivity index (χ4v) is 4.56. The van der Waals surface area contributed by atoms with Gasteiger partial charge in [-0.25, -0.2) is 4.79 Å². The SMILES string of the molecule is CC(C)C(N)(CC(c1ccccc1)c1cc(COC(=O)C(O)c2ccccc2)ccc1O)C(C)C. The van der Waals surface area contributed by atoms with E-state index in [-0.39, 0.29) is 30.1 Å². The molecule has 0 aliphatic carbocycles. The largest absolute Gasteiger partial charge is 0.508 e. The molecule has 0 radical (unpaired) electrons. The highest BCUT2D eigenvalue weighted by molar-refractivity contribution is 5.76. The second kappa shape index (κ2) is 11.5. The van der Waals surface area contributed by atoms with Crippen LogP contribution in [0.2, 0.25) is 0 Å². The Bertz CT molecular complexity index is 1090. The van der Waals surface area contributed by atoms with Crippen molar-refractivity contribution in [1.82, 2.24) is 0 Å². The number of aliphatic hydroxyl groups excluding tert-OH is 1. The summed E-state index contributed by atoms with van der Waals surface area (Å²) in [7, 11) is 0. The molecule has 0 amide bonds. The fraction of sp³-hybridized carbons (Fsp3) is 0.367. The van der Waals surface area contributed by atoms with Crippen molar-refractivity contribution in [2.45, 2.75) is 58.3 Å².